The summed E-state index contributed by atoms with van der Waals surface area (Å²) >= 11 is 11.9. The van der Waals surface area contributed by atoms with Crippen molar-refractivity contribution >= 4 is 35.4 Å². The topological polar surface area (TPSA) is 58.6 Å². The summed E-state index contributed by atoms with van der Waals surface area (Å²) in [7, 11) is 0. The molecule has 2 aromatic carbocycles. The molecule has 0 atom stereocenters. The monoisotopic (exact) mass is 332 g/mol. The summed E-state index contributed by atoms with van der Waals surface area (Å²) in [6, 6.07) is 14.0. The summed E-state index contributed by atoms with van der Waals surface area (Å²) in [6.45, 7) is 0. The molecule has 0 aliphatic heterocycles. The van der Waals surface area contributed by atoms with Gasteiger partial charge in [0.1, 0.15) is 11.4 Å². The number of para-hydroxylation sites is 1. The minimum absolute atomic E-state index is 0.109. The lowest BCUT2D eigenvalue weighted by atomic mass is 10.2. The summed E-state index contributed by atoms with van der Waals surface area (Å²) in [5.74, 6) is 0.127. The SMILES string of the molecule is Oc1ccccc1/C=N/c1nc(-c2ccc(Cl)cc2)c(Cl)o1. The highest BCUT2D eigenvalue weighted by molar-refractivity contribution is 6.31. The lowest BCUT2D eigenvalue weighted by Gasteiger charge is -1.95. The number of aromatic hydroxyl groups is 1. The zero-order valence-electron chi connectivity index (χ0n) is 11.2. The van der Waals surface area contributed by atoms with Gasteiger partial charge < -0.3 is 9.52 Å². The zero-order chi connectivity index (χ0) is 15.5. The molecule has 0 saturated carbocycles. The molecule has 0 radical (unpaired) electrons. The van der Waals surface area contributed by atoms with Crippen LogP contribution in [0.5, 0.6) is 5.75 Å². The molecule has 1 heterocycles. The first-order valence-corrected chi connectivity index (χ1v) is 7.13. The highest BCUT2D eigenvalue weighted by Gasteiger charge is 2.12. The third-order valence-corrected chi connectivity index (χ3v) is 3.45. The Balaban J connectivity index is 1.89. The Hall–Kier alpha value is -2.30. The number of phenolic OH excluding ortho intramolecular Hbond substituents is 1. The quantitative estimate of drug-likeness (QED) is 0.678. The number of hydrogen-bond acceptors (Lipinski definition) is 4. The number of nitrogens with zero attached hydrogens (tertiary/aromatic N) is 2. The molecular weight excluding hydrogens is 323 g/mol. The smallest absolute Gasteiger partial charge is 0.323 e. The molecular formula is C16H10Cl2N2O2. The number of halogens is 2. The van der Waals surface area contributed by atoms with Crippen molar-refractivity contribution in [1.29, 1.82) is 0 Å². The summed E-state index contributed by atoms with van der Waals surface area (Å²) in [4.78, 5) is 8.32. The van der Waals surface area contributed by atoms with Gasteiger partial charge in [0.2, 0.25) is 5.22 Å². The number of aromatic nitrogens is 1. The number of benzene rings is 2. The molecule has 6 heteroatoms. The molecule has 3 aromatic rings. The minimum Gasteiger partial charge on any atom is -0.507 e. The van der Waals surface area contributed by atoms with Crippen LogP contribution in [0.2, 0.25) is 10.2 Å². The van der Waals surface area contributed by atoms with E-state index in [1.165, 1.54) is 6.21 Å². The Morgan fingerprint density at radius 2 is 1.77 bits per heavy atom. The first-order valence-electron chi connectivity index (χ1n) is 6.38. The standard InChI is InChI=1S/C16H10Cl2N2O2/c17-12-7-5-10(6-8-12)14-15(18)22-16(20-14)19-9-11-3-1-2-4-13(11)21/h1-9,21H/b19-9+. The number of oxazole rings is 1. The van der Waals surface area contributed by atoms with Crippen LogP contribution in [0.4, 0.5) is 6.01 Å². The lowest BCUT2D eigenvalue weighted by Crippen LogP contribution is -1.81. The maximum absolute atomic E-state index is 9.67. The van der Waals surface area contributed by atoms with Crippen LogP contribution in [0.1, 0.15) is 5.56 Å². The van der Waals surface area contributed by atoms with Gasteiger partial charge in [-0.15, -0.1) is 0 Å². The summed E-state index contributed by atoms with van der Waals surface area (Å²) in [5, 5.41) is 10.4. The van der Waals surface area contributed by atoms with Gasteiger partial charge in [0.25, 0.3) is 0 Å². The van der Waals surface area contributed by atoms with Crippen molar-refractivity contribution in [1.82, 2.24) is 4.98 Å². The Kier molecular flexibility index (Phi) is 4.13. The van der Waals surface area contributed by atoms with E-state index in [-0.39, 0.29) is 17.0 Å². The third kappa shape index (κ3) is 3.13. The summed E-state index contributed by atoms with van der Waals surface area (Å²) in [5.41, 5.74) is 1.83. The second kappa shape index (κ2) is 6.22. The highest BCUT2D eigenvalue weighted by Crippen LogP contribution is 2.32. The van der Waals surface area contributed by atoms with E-state index in [0.717, 1.165) is 5.56 Å². The van der Waals surface area contributed by atoms with Gasteiger partial charge in [-0.05, 0) is 35.9 Å². The van der Waals surface area contributed by atoms with Gasteiger partial charge in [-0.3, -0.25) is 0 Å². The van der Waals surface area contributed by atoms with Gasteiger partial charge in [0, 0.05) is 22.4 Å². The normalized spacial score (nSPS) is 11.2. The predicted octanol–water partition coefficient (Wildman–Crippen LogP) is 5.10. The molecule has 110 valence electrons. The predicted molar refractivity (Wildman–Crippen MR) is 87.3 cm³/mol. The first kappa shape index (κ1) is 14.6. The number of aliphatic imine (C=N–C) groups is 1. The van der Waals surface area contributed by atoms with Crippen LogP contribution >= 0.6 is 23.2 Å². The minimum atomic E-state index is 0.109. The number of rotatable bonds is 3. The van der Waals surface area contributed by atoms with Gasteiger partial charge in [-0.25, -0.2) is 4.99 Å². The van der Waals surface area contributed by atoms with Crippen molar-refractivity contribution in [2.24, 2.45) is 4.99 Å². The van der Waals surface area contributed by atoms with E-state index in [9.17, 15) is 5.11 Å². The molecule has 0 spiro atoms. The highest BCUT2D eigenvalue weighted by atomic mass is 35.5. The van der Waals surface area contributed by atoms with E-state index >= 15 is 0 Å². The van der Waals surface area contributed by atoms with Crippen LogP contribution < -0.4 is 0 Å². The summed E-state index contributed by atoms with van der Waals surface area (Å²) in [6.07, 6.45) is 1.46. The molecule has 4 nitrogen and oxygen atoms in total. The molecule has 0 aliphatic rings. The van der Waals surface area contributed by atoms with Crippen molar-refractivity contribution in [3.05, 3.63) is 64.3 Å². The second-order valence-corrected chi connectivity index (χ2v) is 5.22. The van der Waals surface area contributed by atoms with Gasteiger partial charge in [0.15, 0.2) is 0 Å². The molecule has 1 N–H and O–H groups in total. The van der Waals surface area contributed by atoms with Crippen LogP contribution in [0, 0.1) is 0 Å². The zero-order valence-corrected chi connectivity index (χ0v) is 12.7. The van der Waals surface area contributed by atoms with E-state index in [1.807, 2.05) is 0 Å². The molecule has 1 aromatic heterocycles. The molecule has 3 rings (SSSR count). The van der Waals surface area contributed by atoms with Crippen molar-refractivity contribution in [2.45, 2.75) is 0 Å². The molecule has 0 aliphatic carbocycles. The van der Waals surface area contributed by atoms with E-state index in [0.29, 0.717) is 16.3 Å². The maximum Gasteiger partial charge on any atom is 0.323 e. The van der Waals surface area contributed by atoms with Crippen LogP contribution in [0.25, 0.3) is 11.3 Å². The lowest BCUT2D eigenvalue weighted by molar-refractivity contribution is 0.474. The van der Waals surface area contributed by atoms with Crippen molar-refractivity contribution in [3.63, 3.8) is 0 Å². The van der Waals surface area contributed by atoms with Gasteiger partial charge in [0.05, 0.1) is 0 Å². The average molecular weight is 333 g/mol. The van der Waals surface area contributed by atoms with E-state index < -0.39 is 0 Å². The number of phenols is 1. The third-order valence-electron chi connectivity index (χ3n) is 2.94. The largest absolute Gasteiger partial charge is 0.507 e. The Labute approximate surface area is 136 Å². The van der Waals surface area contributed by atoms with Gasteiger partial charge in [-0.1, -0.05) is 35.9 Å². The molecule has 0 fully saturated rings. The van der Waals surface area contributed by atoms with Gasteiger partial charge in [-0.2, -0.15) is 4.98 Å². The van der Waals surface area contributed by atoms with Crippen molar-refractivity contribution in [2.75, 3.05) is 0 Å². The van der Waals surface area contributed by atoms with E-state index in [1.54, 1.807) is 48.5 Å². The Morgan fingerprint density at radius 1 is 1.05 bits per heavy atom. The Morgan fingerprint density at radius 3 is 2.50 bits per heavy atom. The molecule has 0 saturated heterocycles. The fourth-order valence-electron chi connectivity index (χ4n) is 1.85. The Bertz CT molecular complexity index is 826. The van der Waals surface area contributed by atoms with Crippen LogP contribution in [0.3, 0.4) is 0 Å². The first-order chi connectivity index (χ1) is 10.6. The molecule has 0 unspecified atom stereocenters. The second-order valence-electron chi connectivity index (χ2n) is 4.44. The van der Waals surface area contributed by atoms with Crippen LogP contribution in [-0.4, -0.2) is 16.3 Å². The van der Waals surface area contributed by atoms with Crippen molar-refractivity contribution in [3.8, 4) is 17.0 Å². The fraction of sp³-hybridized carbons (Fsp3) is 0. The average Bonchev–Trinajstić information content (AvgIpc) is 2.88. The molecule has 22 heavy (non-hydrogen) atoms. The van der Waals surface area contributed by atoms with Crippen LogP contribution in [-0.2, 0) is 0 Å². The maximum atomic E-state index is 9.67. The summed E-state index contributed by atoms with van der Waals surface area (Å²) < 4.78 is 5.30. The molecule has 0 amide bonds. The van der Waals surface area contributed by atoms with E-state index in [4.69, 9.17) is 27.6 Å². The van der Waals surface area contributed by atoms with E-state index in [2.05, 4.69) is 9.98 Å². The fourth-order valence-corrected chi connectivity index (χ4v) is 2.20. The van der Waals surface area contributed by atoms with Crippen LogP contribution in [0.15, 0.2) is 57.9 Å². The number of hydrogen-bond donors (Lipinski definition) is 1. The van der Waals surface area contributed by atoms with Crippen molar-refractivity contribution < 1.29 is 9.52 Å². The molecule has 0 bridgehead atoms. The van der Waals surface area contributed by atoms with Gasteiger partial charge >= 0.3 is 6.01 Å².